The number of rotatable bonds is 2. The number of anilines is 1. The Balaban J connectivity index is 1.74. The zero-order valence-electron chi connectivity index (χ0n) is 11.5. The minimum atomic E-state index is 0.0379. The molecule has 0 bridgehead atoms. The van der Waals surface area contributed by atoms with Crippen molar-refractivity contribution in [1.82, 2.24) is 9.88 Å². The van der Waals surface area contributed by atoms with Crippen LogP contribution >= 0.6 is 0 Å². The highest BCUT2D eigenvalue weighted by Gasteiger charge is 2.20. The monoisotopic (exact) mass is 277 g/mol. The molecule has 0 atom stereocenters. The maximum absolute atomic E-state index is 12.4. The summed E-state index contributed by atoms with van der Waals surface area (Å²) in [5.74, 6) is 0.0379. The first-order valence-corrected chi connectivity index (χ1v) is 6.99. The van der Waals surface area contributed by atoms with Gasteiger partial charge in [0, 0.05) is 32.4 Å². The van der Waals surface area contributed by atoms with E-state index in [0.29, 0.717) is 31.9 Å². The molecule has 2 aliphatic rings. The van der Waals surface area contributed by atoms with Gasteiger partial charge in [-0.2, -0.15) is 0 Å². The third kappa shape index (κ3) is 2.91. The van der Waals surface area contributed by atoms with Crippen molar-refractivity contribution in [2.45, 2.75) is 0 Å². The van der Waals surface area contributed by atoms with Gasteiger partial charge in [-0.05, 0) is 6.07 Å². The predicted octanol–water partition coefficient (Wildman–Crippen LogP) is 0.391. The summed E-state index contributed by atoms with van der Waals surface area (Å²) in [5, 5.41) is 0. The van der Waals surface area contributed by atoms with Crippen LogP contribution < -0.4 is 4.90 Å². The molecule has 3 heterocycles. The van der Waals surface area contributed by atoms with Crippen LogP contribution in [0.3, 0.4) is 0 Å². The van der Waals surface area contributed by atoms with Crippen molar-refractivity contribution in [1.29, 1.82) is 0 Å². The molecule has 6 heteroatoms. The summed E-state index contributed by atoms with van der Waals surface area (Å²) in [6.07, 6.45) is 3.45. The fraction of sp³-hybridized carbons (Fsp3) is 0.571. The van der Waals surface area contributed by atoms with Crippen molar-refractivity contribution in [2.24, 2.45) is 0 Å². The molecule has 1 amide bonds. The van der Waals surface area contributed by atoms with Gasteiger partial charge >= 0.3 is 0 Å². The van der Waals surface area contributed by atoms with Crippen LogP contribution in [-0.4, -0.2) is 68.4 Å². The van der Waals surface area contributed by atoms with Gasteiger partial charge in [-0.1, -0.05) is 0 Å². The van der Waals surface area contributed by atoms with Crippen molar-refractivity contribution < 1.29 is 14.3 Å². The molecule has 6 nitrogen and oxygen atoms in total. The van der Waals surface area contributed by atoms with Gasteiger partial charge in [-0.15, -0.1) is 0 Å². The van der Waals surface area contributed by atoms with E-state index in [0.717, 1.165) is 32.0 Å². The lowest BCUT2D eigenvalue weighted by molar-refractivity contribution is 0.0302. The lowest BCUT2D eigenvalue weighted by atomic mass is 10.2. The summed E-state index contributed by atoms with van der Waals surface area (Å²) in [5.41, 5.74) is 1.64. The van der Waals surface area contributed by atoms with E-state index < -0.39 is 0 Å². The van der Waals surface area contributed by atoms with Crippen LogP contribution in [0, 0.1) is 0 Å². The Bertz CT molecular complexity index is 468. The molecular weight excluding hydrogens is 258 g/mol. The number of morpholine rings is 2. The maximum Gasteiger partial charge on any atom is 0.255 e. The Morgan fingerprint density at radius 1 is 1.00 bits per heavy atom. The smallest absolute Gasteiger partial charge is 0.255 e. The average molecular weight is 277 g/mol. The molecule has 0 aliphatic carbocycles. The largest absolute Gasteiger partial charge is 0.378 e. The van der Waals surface area contributed by atoms with Gasteiger partial charge < -0.3 is 19.3 Å². The van der Waals surface area contributed by atoms with Gasteiger partial charge in [0.2, 0.25) is 0 Å². The van der Waals surface area contributed by atoms with Gasteiger partial charge in [0.15, 0.2) is 0 Å². The first-order valence-electron chi connectivity index (χ1n) is 6.99. The topological polar surface area (TPSA) is 54.9 Å². The Labute approximate surface area is 118 Å². The zero-order chi connectivity index (χ0) is 13.8. The highest BCUT2D eigenvalue weighted by molar-refractivity contribution is 5.94. The number of carbonyl (C=O) groups excluding carboxylic acids is 1. The third-order valence-electron chi connectivity index (χ3n) is 3.65. The van der Waals surface area contributed by atoms with Crippen molar-refractivity contribution in [3.63, 3.8) is 0 Å². The normalized spacial score (nSPS) is 20.0. The molecule has 2 saturated heterocycles. The van der Waals surface area contributed by atoms with Crippen LogP contribution in [0.4, 0.5) is 5.69 Å². The first kappa shape index (κ1) is 13.3. The summed E-state index contributed by atoms with van der Waals surface area (Å²) < 4.78 is 10.6. The van der Waals surface area contributed by atoms with Crippen molar-refractivity contribution >= 4 is 11.6 Å². The molecular formula is C14H19N3O3. The summed E-state index contributed by atoms with van der Waals surface area (Å²) in [6, 6.07) is 1.93. The number of carbonyl (C=O) groups is 1. The fourth-order valence-electron chi connectivity index (χ4n) is 2.49. The number of hydrogen-bond donors (Lipinski definition) is 0. The average Bonchev–Trinajstić information content (AvgIpc) is 2.56. The van der Waals surface area contributed by atoms with Gasteiger partial charge in [0.1, 0.15) is 0 Å². The third-order valence-corrected chi connectivity index (χ3v) is 3.65. The summed E-state index contributed by atoms with van der Waals surface area (Å²) in [7, 11) is 0. The molecule has 2 aliphatic heterocycles. The van der Waals surface area contributed by atoms with Crippen molar-refractivity contribution in [2.75, 3.05) is 57.5 Å². The number of ether oxygens (including phenoxy) is 2. The molecule has 0 N–H and O–H groups in total. The highest BCUT2D eigenvalue weighted by atomic mass is 16.5. The molecule has 0 aromatic carbocycles. The lowest BCUT2D eigenvalue weighted by Crippen LogP contribution is -2.41. The molecule has 0 unspecified atom stereocenters. The van der Waals surface area contributed by atoms with Gasteiger partial charge in [0.05, 0.1) is 43.9 Å². The van der Waals surface area contributed by atoms with Crippen LogP contribution in [-0.2, 0) is 9.47 Å². The molecule has 3 rings (SSSR count). The lowest BCUT2D eigenvalue weighted by Gasteiger charge is -2.29. The number of hydrogen-bond acceptors (Lipinski definition) is 5. The van der Waals surface area contributed by atoms with E-state index in [-0.39, 0.29) is 5.91 Å². The number of pyridine rings is 1. The molecule has 0 saturated carbocycles. The number of amides is 1. The molecule has 0 spiro atoms. The van der Waals surface area contributed by atoms with Gasteiger partial charge in [-0.3, -0.25) is 9.78 Å². The maximum atomic E-state index is 12.4. The van der Waals surface area contributed by atoms with E-state index in [1.807, 2.05) is 11.0 Å². The second kappa shape index (κ2) is 6.19. The fourth-order valence-corrected chi connectivity index (χ4v) is 2.49. The molecule has 1 aromatic rings. The van der Waals surface area contributed by atoms with Gasteiger partial charge in [0.25, 0.3) is 5.91 Å². The SMILES string of the molecule is O=C(c1cncc(N2CCOCC2)c1)N1CCOCC1. The quantitative estimate of drug-likeness (QED) is 0.783. The Hall–Kier alpha value is -1.66. The summed E-state index contributed by atoms with van der Waals surface area (Å²) in [4.78, 5) is 20.7. The van der Waals surface area contributed by atoms with E-state index in [4.69, 9.17) is 9.47 Å². The second-order valence-corrected chi connectivity index (χ2v) is 4.94. The summed E-state index contributed by atoms with van der Waals surface area (Å²) in [6.45, 7) is 5.67. The van der Waals surface area contributed by atoms with Crippen LogP contribution in [0.5, 0.6) is 0 Å². The predicted molar refractivity (Wildman–Crippen MR) is 74.0 cm³/mol. The van der Waals surface area contributed by atoms with Gasteiger partial charge in [-0.25, -0.2) is 0 Å². The molecule has 1 aromatic heterocycles. The Kier molecular flexibility index (Phi) is 4.13. The molecule has 20 heavy (non-hydrogen) atoms. The Morgan fingerprint density at radius 3 is 2.35 bits per heavy atom. The minimum Gasteiger partial charge on any atom is -0.378 e. The molecule has 0 radical (unpaired) electrons. The van der Waals surface area contributed by atoms with Crippen molar-refractivity contribution in [3.05, 3.63) is 24.0 Å². The number of aromatic nitrogens is 1. The van der Waals surface area contributed by atoms with E-state index in [1.54, 1.807) is 12.4 Å². The standard InChI is InChI=1S/C14H19N3O3/c18-14(17-3-7-20-8-4-17)12-9-13(11-15-10-12)16-1-5-19-6-2-16/h9-11H,1-8H2. The summed E-state index contributed by atoms with van der Waals surface area (Å²) >= 11 is 0. The van der Waals surface area contributed by atoms with Crippen LogP contribution in [0.1, 0.15) is 10.4 Å². The molecule has 2 fully saturated rings. The van der Waals surface area contributed by atoms with E-state index >= 15 is 0 Å². The first-order chi connectivity index (χ1) is 9.84. The van der Waals surface area contributed by atoms with Crippen LogP contribution in [0.25, 0.3) is 0 Å². The Morgan fingerprint density at radius 2 is 1.65 bits per heavy atom. The highest BCUT2D eigenvalue weighted by Crippen LogP contribution is 2.17. The zero-order valence-corrected chi connectivity index (χ0v) is 11.5. The van der Waals surface area contributed by atoms with Crippen LogP contribution in [0.2, 0.25) is 0 Å². The van der Waals surface area contributed by atoms with E-state index in [2.05, 4.69) is 9.88 Å². The van der Waals surface area contributed by atoms with Crippen molar-refractivity contribution in [3.8, 4) is 0 Å². The number of nitrogens with zero attached hydrogens (tertiary/aromatic N) is 3. The second-order valence-electron chi connectivity index (χ2n) is 4.94. The van der Waals surface area contributed by atoms with Crippen LogP contribution in [0.15, 0.2) is 18.5 Å². The molecule has 108 valence electrons. The minimum absolute atomic E-state index is 0.0379. The van der Waals surface area contributed by atoms with E-state index in [1.165, 1.54) is 0 Å². The van der Waals surface area contributed by atoms with E-state index in [9.17, 15) is 4.79 Å².